The van der Waals surface area contributed by atoms with E-state index in [2.05, 4.69) is 15.2 Å². The summed E-state index contributed by atoms with van der Waals surface area (Å²) >= 11 is 0. The van der Waals surface area contributed by atoms with Crippen molar-refractivity contribution in [3.8, 4) is 5.75 Å². The van der Waals surface area contributed by atoms with Gasteiger partial charge in [-0.15, -0.1) is 0 Å². The minimum absolute atomic E-state index is 0.152. The number of piperidine rings is 1. The Hall–Kier alpha value is -1.82. The number of rotatable bonds is 5. The highest BCUT2D eigenvalue weighted by atomic mass is 19.1. The molecule has 1 saturated heterocycles. The summed E-state index contributed by atoms with van der Waals surface area (Å²) in [7, 11) is 0. The van der Waals surface area contributed by atoms with Gasteiger partial charge in [-0.05, 0) is 38.8 Å². The van der Waals surface area contributed by atoms with E-state index in [0.717, 1.165) is 38.4 Å². The summed E-state index contributed by atoms with van der Waals surface area (Å²) in [6, 6.07) is 6.13. The van der Waals surface area contributed by atoms with Crippen LogP contribution in [0, 0.1) is 5.82 Å². The van der Waals surface area contributed by atoms with Crippen LogP contribution in [0.5, 0.6) is 5.75 Å². The molecule has 0 aromatic heterocycles. The molecule has 0 amide bonds. The van der Waals surface area contributed by atoms with Crippen molar-refractivity contribution in [2.45, 2.75) is 38.9 Å². The van der Waals surface area contributed by atoms with Gasteiger partial charge in [0.05, 0.1) is 12.6 Å². The number of ether oxygens (including phenoxy) is 1. The zero-order chi connectivity index (χ0) is 16.7. The number of aliphatic hydroxyl groups excluding tert-OH is 1. The average Bonchev–Trinajstić information content (AvgIpc) is 2.52. The fraction of sp³-hybridized carbons (Fsp3) is 0.588. The third-order valence-corrected chi connectivity index (χ3v) is 3.73. The zero-order valence-electron chi connectivity index (χ0n) is 13.8. The molecule has 1 atom stereocenters. The Kier molecular flexibility index (Phi) is 6.65. The summed E-state index contributed by atoms with van der Waals surface area (Å²) in [5, 5.41) is 12.9. The maximum atomic E-state index is 13.2. The van der Waals surface area contributed by atoms with Gasteiger partial charge in [-0.2, -0.15) is 0 Å². The number of halogens is 1. The molecule has 1 aromatic carbocycles. The molecule has 0 spiro atoms. The molecule has 0 radical (unpaired) electrons. The second kappa shape index (κ2) is 8.72. The predicted molar refractivity (Wildman–Crippen MR) is 89.3 cm³/mol. The Morgan fingerprint density at radius 2 is 2.22 bits per heavy atom. The van der Waals surface area contributed by atoms with E-state index in [4.69, 9.17) is 4.74 Å². The molecule has 2 N–H and O–H groups in total. The quantitative estimate of drug-likeness (QED) is 0.643. The molecule has 0 bridgehead atoms. The van der Waals surface area contributed by atoms with E-state index in [1.54, 1.807) is 12.1 Å². The Morgan fingerprint density at radius 3 is 2.87 bits per heavy atom. The van der Waals surface area contributed by atoms with Crippen molar-refractivity contribution in [3.63, 3.8) is 0 Å². The van der Waals surface area contributed by atoms with Crippen molar-refractivity contribution in [2.75, 3.05) is 26.2 Å². The van der Waals surface area contributed by atoms with Crippen molar-refractivity contribution >= 4 is 5.96 Å². The average molecular weight is 323 g/mol. The number of benzene rings is 1. The highest BCUT2D eigenvalue weighted by Crippen LogP contribution is 2.14. The topological polar surface area (TPSA) is 57.1 Å². The Balaban J connectivity index is 1.91. The van der Waals surface area contributed by atoms with E-state index in [1.807, 2.05) is 13.8 Å². The fourth-order valence-electron chi connectivity index (χ4n) is 2.53. The number of nitrogens with one attached hydrogen (secondary N) is 1. The molecule has 1 aromatic rings. The molecule has 1 fully saturated rings. The molecule has 5 nitrogen and oxygen atoms in total. The highest BCUT2D eigenvalue weighted by Gasteiger charge is 2.19. The lowest BCUT2D eigenvalue weighted by molar-refractivity contribution is 0.107. The smallest absolute Gasteiger partial charge is 0.194 e. The minimum Gasteiger partial charge on any atom is -0.489 e. The van der Waals surface area contributed by atoms with Gasteiger partial charge in [0.15, 0.2) is 5.96 Å². The van der Waals surface area contributed by atoms with Crippen LogP contribution < -0.4 is 10.1 Å². The summed E-state index contributed by atoms with van der Waals surface area (Å²) in [5.74, 6) is 1.05. The van der Waals surface area contributed by atoms with Crippen molar-refractivity contribution in [3.05, 3.63) is 30.1 Å². The van der Waals surface area contributed by atoms with Gasteiger partial charge >= 0.3 is 0 Å². The maximum Gasteiger partial charge on any atom is 0.194 e. The van der Waals surface area contributed by atoms with E-state index < -0.39 is 0 Å². The van der Waals surface area contributed by atoms with Crippen molar-refractivity contribution < 1.29 is 14.2 Å². The molecule has 2 rings (SSSR count). The van der Waals surface area contributed by atoms with Gasteiger partial charge in [0, 0.05) is 25.7 Å². The SMILES string of the molecule is CCNC(=NCC(C)Oc1cccc(F)c1)N1CCC(O)CC1. The lowest BCUT2D eigenvalue weighted by Crippen LogP contribution is -2.47. The lowest BCUT2D eigenvalue weighted by atomic mass is 10.1. The molecule has 1 aliphatic rings. The number of guanidine groups is 1. The van der Waals surface area contributed by atoms with E-state index in [-0.39, 0.29) is 18.0 Å². The second-order valence-electron chi connectivity index (χ2n) is 5.80. The summed E-state index contributed by atoms with van der Waals surface area (Å²) in [6.07, 6.45) is 1.17. The van der Waals surface area contributed by atoms with Gasteiger partial charge in [-0.1, -0.05) is 6.07 Å². The van der Waals surface area contributed by atoms with Gasteiger partial charge in [0.2, 0.25) is 0 Å². The fourth-order valence-corrected chi connectivity index (χ4v) is 2.53. The van der Waals surface area contributed by atoms with Crippen LogP contribution in [0.1, 0.15) is 26.7 Å². The van der Waals surface area contributed by atoms with Crippen LogP contribution in [0.4, 0.5) is 4.39 Å². The largest absolute Gasteiger partial charge is 0.489 e. The van der Waals surface area contributed by atoms with Gasteiger partial charge in [-0.3, -0.25) is 0 Å². The summed E-state index contributed by atoms with van der Waals surface area (Å²) in [4.78, 5) is 6.77. The summed E-state index contributed by atoms with van der Waals surface area (Å²) in [6.45, 7) is 6.81. The molecule has 23 heavy (non-hydrogen) atoms. The van der Waals surface area contributed by atoms with Crippen molar-refractivity contribution in [1.82, 2.24) is 10.2 Å². The summed E-state index contributed by atoms with van der Waals surface area (Å²) < 4.78 is 18.9. The van der Waals surface area contributed by atoms with E-state index in [1.165, 1.54) is 12.1 Å². The van der Waals surface area contributed by atoms with Crippen LogP contribution in [-0.4, -0.2) is 54.4 Å². The Labute approximate surface area is 137 Å². The number of aliphatic hydroxyl groups is 1. The van der Waals surface area contributed by atoms with Gasteiger partial charge in [0.25, 0.3) is 0 Å². The molecule has 0 saturated carbocycles. The number of hydrogen-bond acceptors (Lipinski definition) is 3. The number of likely N-dealkylation sites (tertiary alicyclic amines) is 1. The first kappa shape index (κ1) is 17.5. The molecular formula is C17H26FN3O2. The molecule has 0 aliphatic carbocycles. The second-order valence-corrected chi connectivity index (χ2v) is 5.80. The first-order chi connectivity index (χ1) is 11.1. The minimum atomic E-state index is -0.307. The van der Waals surface area contributed by atoms with Crippen LogP contribution >= 0.6 is 0 Å². The third-order valence-electron chi connectivity index (χ3n) is 3.73. The zero-order valence-corrected chi connectivity index (χ0v) is 13.8. The first-order valence-corrected chi connectivity index (χ1v) is 8.22. The number of hydrogen-bond donors (Lipinski definition) is 2. The molecule has 1 unspecified atom stereocenters. The monoisotopic (exact) mass is 323 g/mol. The normalized spacial score (nSPS) is 17.9. The molecular weight excluding hydrogens is 297 g/mol. The predicted octanol–water partition coefficient (Wildman–Crippen LogP) is 2.02. The Morgan fingerprint density at radius 1 is 1.48 bits per heavy atom. The molecule has 1 aliphatic heterocycles. The van der Waals surface area contributed by atoms with E-state index >= 15 is 0 Å². The molecule has 128 valence electrons. The Bertz CT molecular complexity index is 516. The summed E-state index contributed by atoms with van der Waals surface area (Å²) in [5.41, 5.74) is 0. The number of nitrogens with zero attached hydrogens (tertiary/aromatic N) is 2. The molecule has 1 heterocycles. The van der Waals surface area contributed by atoms with Crippen molar-refractivity contribution in [1.29, 1.82) is 0 Å². The van der Waals surface area contributed by atoms with Crippen LogP contribution in [0.15, 0.2) is 29.3 Å². The lowest BCUT2D eigenvalue weighted by Gasteiger charge is -2.32. The van der Waals surface area contributed by atoms with Crippen LogP contribution in [0.25, 0.3) is 0 Å². The first-order valence-electron chi connectivity index (χ1n) is 8.22. The third kappa shape index (κ3) is 5.71. The molecule has 6 heteroatoms. The van der Waals surface area contributed by atoms with Crippen LogP contribution in [0.2, 0.25) is 0 Å². The van der Waals surface area contributed by atoms with Gasteiger partial charge < -0.3 is 20.1 Å². The van der Waals surface area contributed by atoms with Crippen molar-refractivity contribution in [2.24, 2.45) is 4.99 Å². The van der Waals surface area contributed by atoms with Crippen LogP contribution in [0.3, 0.4) is 0 Å². The van der Waals surface area contributed by atoms with Gasteiger partial charge in [-0.25, -0.2) is 9.38 Å². The standard InChI is InChI=1S/C17H26FN3O2/c1-3-19-17(21-9-7-15(22)8-10-21)20-12-13(2)23-16-6-4-5-14(18)11-16/h4-6,11,13,15,22H,3,7-10,12H2,1-2H3,(H,19,20). The maximum absolute atomic E-state index is 13.2. The van der Waals surface area contributed by atoms with E-state index in [0.29, 0.717) is 12.3 Å². The number of aliphatic imine (C=N–C) groups is 1. The van der Waals surface area contributed by atoms with Crippen LogP contribution in [-0.2, 0) is 0 Å². The highest BCUT2D eigenvalue weighted by molar-refractivity contribution is 5.80. The van der Waals surface area contributed by atoms with Gasteiger partial charge in [0.1, 0.15) is 17.7 Å². The van der Waals surface area contributed by atoms with E-state index in [9.17, 15) is 9.50 Å².